The van der Waals surface area contributed by atoms with Gasteiger partial charge in [-0.3, -0.25) is 19.1 Å². The number of allylic oxidation sites excluding steroid dienone is 1. The molecule has 10 nitrogen and oxygen atoms in total. The van der Waals surface area contributed by atoms with Gasteiger partial charge in [-0.05, 0) is 54.1 Å². The van der Waals surface area contributed by atoms with Crippen LogP contribution in [0.1, 0.15) is 22.9 Å². The molecule has 216 valence electrons. The topological polar surface area (TPSA) is 146 Å². The molecule has 0 aliphatic carbocycles. The summed E-state index contributed by atoms with van der Waals surface area (Å²) in [5.41, 5.74) is 2.94. The fourth-order valence-electron chi connectivity index (χ4n) is 3.95. The zero-order chi connectivity index (χ0) is 29.8. The van der Waals surface area contributed by atoms with E-state index in [1.807, 2.05) is 65.6 Å². The molecule has 12 heteroatoms. The third-order valence-corrected chi connectivity index (χ3v) is 7.28. The number of hydrogen-bond donors (Lipinski definition) is 4. The average Bonchev–Trinajstić information content (AvgIpc) is 3.48. The van der Waals surface area contributed by atoms with Gasteiger partial charge in [0.1, 0.15) is 6.04 Å². The van der Waals surface area contributed by atoms with Gasteiger partial charge in [0.15, 0.2) is 0 Å². The standard InChI is InChI=1S/C29H32N4O6S2/c1-4-23(30-24(5-2)27-12-9-17-40-27)25(18-21-13-15-22(16-14-21)33-41(36,37)38)31-28(34)26(32-29(35)39-3)19-20-10-7-6-8-11-20/h4-17,25-26,33H,1,18-19H2,2-3H3,(H,31,34)(H,32,35)(H,36,37,38)/b24-5-,30-23+/t25-,26-/m0/s1. The molecule has 0 radical (unpaired) electrons. The smallest absolute Gasteiger partial charge is 0.407 e. The quantitative estimate of drug-likeness (QED) is 0.167. The SMILES string of the molecule is C=C/C(=N\C(=C/C)c1cccs1)[C@H](Cc1ccc(NS(=O)(=O)O)cc1)NC(=O)[C@H](Cc1ccccc1)NC(=O)OC. The van der Waals surface area contributed by atoms with Crippen LogP contribution in [0.3, 0.4) is 0 Å². The molecule has 41 heavy (non-hydrogen) atoms. The highest BCUT2D eigenvalue weighted by Gasteiger charge is 2.26. The molecular weight excluding hydrogens is 564 g/mol. The van der Waals surface area contributed by atoms with Crippen molar-refractivity contribution in [3.05, 3.63) is 107 Å². The number of nitrogens with zero attached hydrogens (tertiary/aromatic N) is 1. The van der Waals surface area contributed by atoms with Crippen LogP contribution in [0.2, 0.25) is 0 Å². The molecule has 4 N–H and O–H groups in total. The molecule has 0 unspecified atom stereocenters. The molecule has 0 fully saturated rings. The van der Waals surface area contributed by atoms with Crippen molar-refractivity contribution >= 4 is 50.7 Å². The molecule has 0 saturated heterocycles. The van der Waals surface area contributed by atoms with Crippen LogP contribution in [0.25, 0.3) is 5.70 Å². The zero-order valence-corrected chi connectivity index (χ0v) is 24.2. The lowest BCUT2D eigenvalue weighted by Gasteiger charge is -2.24. The van der Waals surface area contributed by atoms with Gasteiger partial charge in [0.2, 0.25) is 5.91 Å². The van der Waals surface area contributed by atoms with Crippen molar-refractivity contribution in [2.75, 3.05) is 11.8 Å². The van der Waals surface area contributed by atoms with E-state index in [0.717, 1.165) is 16.0 Å². The third-order valence-electron chi connectivity index (χ3n) is 5.90. The summed E-state index contributed by atoms with van der Waals surface area (Å²) in [7, 11) is -3.20. The molecule has 0 spiro atoms. The molecule has 2 atom stereocenters. The van der Waals surface area contributed by atoms with E-state index in [9.17, 15) is 18.0 Å². The molecule has 0 saturated carbocycles. The van der Waals surface area contributed by atoms with E-state index >= 15 is 0 Å². The van der Waals surface area contributed by atoms with Crippen LogP contribution in [-0.4, -0.2) is 49.9 Å². The lowest BCUT2D eigenvalue weighted by atomic mass is 9.99. The maximum atomic E-state index is 13.6. The normalized spacial score (nSPS) is 13.5. The van der Waals surface area contributed by atoms with Crippen molar-refractivity contribution in [3.63, 3.8) is 0 Å². The van der Waals surface area contributed by atoms with Crippen LogP contribution in [0.15, 0.2) is 95.8 Å². The molecule has 2 amide bonds. The van der Waals surface area contributed by atoms with Gasteiger partial charge in [-0.15, -0.1) is 11.3 Å². The summed E-state index contributed by atoms with van der Waals surface area (Å²) >= 11 is 1.52. The van der Waals surface area contributed by atoms with Crippen molar-refractivity contribution in [3.8, 4) is 0 Å². The van der Waals surface area contributed by atoms with E-state index in [2.05, 4.69) is 17.2 Å². The van der Waals surface area contributed by atoms with Crippen LogP contribution in [0, 0.1) is 0 Å². The summed E-state index contributed by atoms with van der Waals surface area (Å²) in [6.45, 7) is 5.79. The van der Waals surface area contributed by atoms with Crippen molar-refractivity contribution in [1.29, 1.82) is 0 Å². The summed E-state index contributed by atoms with van der Waals surface area (Å²) in [5.74, 6) is -0.457. The molecule has 1 heterocycles. The Hall–Kier alpha value is -4.26. The fourth-order valence-corrected chi connectivity index (χ4v) is 5.13. The minimum Gasteiger partial charge on any atom is -0.453 e. The van der Waals surface area contributed by atoms with E-state index in [1.54, 1.807) is 18.2 Å². The number of rotatable bonds is 13. The van der Waals surface area contributed by atoms with E-state index in [0.29, 0.717) is 11.4 Å². The first-order chi connectivity index (χ1) is 19.6. The Bertz CT molecular complexity index is 1490. The van der Waals surface area contributed by atoms with E-state index in [1.165, 1.54) is 30.6 Å². The van der Waals surface area contributed by atoms with Gasteiger partial charge in [0.05, 0.1) is 35.1 Å². The lowest BCUT2D eigenvalue weighted by molar-refractivity contribution is -0.123. The first-order valence-electron chi connectivity index (χ1n) is 12.6. The van der Waals surface area contributed by atoms with Crippen molar-refractivity contribution in [2.24, 2.45) is 4.99 Å². The number of ether oxygens (including phenoxy) is 1. The monoisotopic (exact) mass is 596 g/mol. The Labute approximate surface area is 243 Å². The number of hydrogen-bond acceptors (Lipinski definition) is 7. The number of methoxy groups -OCH3 is 1. The molecule has 0 bridgehead atoms. The number of alkyl carbamates (subject to hydrolysis) is 1. The van der Waals surface area contributed by atoms with Gasteiger partial charge in [0, 0.05) is 6.42 Å². The van der Waals surface area contributed by atoms with Crippen molar-refractivity contribution < 1.29 is 27.3 Å². The second kappa shape index (κ2) is 14.9. The molecule has 0 aliphatic heterocycles. The highest BCUT2D eigenvalue weighted by atomic mass is 32.2. The fraction of sp³-hybridized carbons (Fsp3) is 0.207. The van der Waals surface area contributed by atoms with Gasteiger partial charge >= 0.3 is 16.4 Å². The lowest BCUT2D eigenvalue weighted by Crippen LogP contribution is -2.52. The molecule has 1 aromatic heterocycles. The summed E-state index contributed by atoms with van der Waals surface area (Å²) in [5, 5.41) is 7.56. The third kappa shape index (κ3) is 10.0. The van der Waals surface area contributed by atoms with Crippen LogP contribution in [0.4, 0.5) is 10.5 Å². The number of amides is 2. The second-order valence-corrected chi connectivity index (χ2v) is 10.9. The minimum atomic E-state index is -4.42. The number of anilines is 1. The first-order valence-corrected chi connectivity index (χ1v) is 14.9. The van der Waals surface area contributed by atoms with Gasteiger partial charge in [-0.2, -0.15) is 8.42 Å². The second-order valence-electron chi connectivity index (χ2n) is 8.81. The summed E-state index contributed by atoms with van der Waals surface area (Å²) in [6.07, 6.45) is 3.17. The first kappa shape index (κ1) is 31.3. The predicted molar refractivity (Wildman–Crippen MR) is 162 cm³/mol. The Morgan fingerprint density at radius 3 is 2.22 bits per heavy atom. The number of carbonyl (C=O) groups excluding carboxylic acids is 2. The number of carbonyl (C=O) groups is 2. The van der Waals surface area contributed by atoms with Crippen LogP contribution in [-0.2, 0) is 32.7 Å². The summed E-state index contributed by atoms with van der Waals surface area (Å²) < 4.78 is 38.1. The van der Waals surface area contributed by atoms with Gasteiger partial charge < -0.3 is 15.4 Å². The molecule has 3 rings (SSSR count). The Morgan fingerprint density at radius 1 is 1.00 bits per heavy atom. The number of nitrogens with one attached hydrogen (secondary N) is 3. The minimum absolute atomic E-state index is 0.175. The van der Waals surface area contributed by atoms with Gasteiger partial charge in [-0.1, -0.05) is 61.2 Å². The molecule has 0 aliphatic rings. The van der Waals surface area contributed by atoms with Gasteiger partial charge in [0.25, 0.3) is 0 Å². The summed E-state index contributed by atoms with van der Waals surface area (Å²) in [4.78, 5) is 31.5. The number of benzene rings is 2. The van der Waals surface area contributed by atoms with E-state index < -0.39 is 34.4 Å². The zero-order valence-electron chi connectivity index (χ0n) is 22.6. The highest BCUT2D eigenvalue weighted by molar-refractivity contribution is 7.87. The van der Waals surface area contributed by atoms with E-state index in [4.69, 9.17) is 14.3 Å². The van der Waals surface area contributed by atoms with E-state index in [-0.39, 0.29) is 18.5 Å². The van der Waals surface area contributed by atoms with Crippen LogP contribution < -0.4 is 15.4 Å². The van der Waals surface area contributed by atoms with Crippen molar-refractivity contribution in [2.45, 2.75) is 31.8 Å². The largest absolute Gasteiger partial charge is 0.453 e. The van der Waals surface area contributed by atoms with Gasteiger partial charge in [-0.25, -0.2) is 4.79 Å². The Kier molecular flexibility index (Phi) is 11.4. The molecule has 2 aromatic carbocycles. The van der Waals surface area contributed by atoms with Crippen LogP contribution >= 0.6 is 11.3 Å². The maximum Gasteiger partial charge on any atom is 0.407 e. The maximum absolute atomic E-state index is 13.6. The molecular formula is C29H32N4O6S2. The number of aliphatic imine (C=N–C) groups is 1. The number of thiophene rings is 1. The highest BCUT2D eigenvalue weighted by Crippen LogP contribution is 2.22. The Morgan fingerprint density at radius 2 is 1.66 bits per heavy atom. The summed E-state index contributed by atoms with van der Waals surface area (Å²) in [6, 6.07) is 17.8. The van der Waals surface area contributed by atoms with Crippen LogP contribution in [0.5, 0.6) is 0 Å². The predicted octanol–water partition coefficient (Wildman–Crippen LogP) is 4.65. The Balaban J connectivity index is 1.95. The average molecular weight is 597 g/mol. The van der Waals surface area contributed by atoms with Crippen molar-refractivity contribution in [1.82, 2.24) is 10.6 Å². The molecule has 3 aromatic rings.